The van der Waals surface area contributed by atoms with Gasteiger partial charge in [0.15, 0.2) is 5.82 Å². The first-order valence-corrected chi connectivity index (χ1v) is 6.42. The number of primary amides is 1. The summed E-state index contributed by atoms with van der Waals surface area (Å²) >= 11 is 0. The van der Waals surface area contributed by atoms with Crippen molar-refractivity contribution >= 4 is 6.03 Å². The summed E-state index contributed by atoms with van der Waals surface area (Å²) in [5, 5.41) is 17.6. The van der Waals surface area contributed by atoms with Gasteiger partial charge in [-0.1, -0.05) is 0 Å². The molecule has 3 aliphatic heterocycles. The smallest absolute Gasteiger partial charge is 0.316 e. The molecule has 0 radical (unpaired) electrons. The number of aliphatic hydroxyl groups is 1. The molecule has 1 fully saturated rings. The predicted molar refractivity (Wildman–Crippen MR) is 69.6 cm³/mol. The van der Waals surface area contributed by atoms with Gasteiger partial charge in [0, 0.05) is 19.2 Å². The monoisotopic (exact) mass is 276 g/mol. The highest BCUT2D eigenvalue weighted by molar-refractivity contribution is 5.72. The molecule has 2 amide bonds. The highest BCUT2D eigenvalue weighted by Gasteiger charge is 2.41. The van der Waals surface area contributed by atoms with Crippen molar-refractivity contribution in [2.75, 3.05) is 6.54 Å². The molecule has 0 aromatic carbocycles. The van der Waals surface area contributed by atoms with Crippen molar-refractivity contribution in [3.63, 3.8) is 0 Å². The molecule has 0 aromatic heterocycles. The fourth-order valence-electron chi connectivity index (χ4n) is 2.79. The summed E-state index contributed by atoms with van der Waals surface area (Å²) in [5.41, 5.74) is 5.49. The molecule has 0 aliphatic carbocycles. The first-order chi connectivity index (χ1) is 9.50. The summed E-state index contributed by atoms with van der Waals surface area (Å²) in [6, 6.07) is -0.509. The number of aliphatic hydroxyl groups excluding tert-OH is 1. The molecule has 3 heterocycles. The summed E-state index contributed by atoms with van der Waals surface area (Å²) in [6.07, 6.45) is 5.45. The minimum Gasteiger partial charge on any atom is -0.393 e. The number of urea groups is 1. The number of carbonyl (C=O) groups excluding carboxylic acids is 1. The lowest BCUT2D eigenvalue weighted by atomic mass is 9.94. The van der Waals surface area contributed by atoms with Crippen LogP contribution in [-0.4, -0.2) is 48.4 Å². The first-order valence-electron chi connectivity index (χ1n) is 6.42. The Bertz CT molecular complexity index is 614. The number of fused-ring (bicyclic) bond motifs is 1. The van der Waals surface area contributed by atoms with Crippen LogP contribution < -0.4 is 5.73 Å². The molecule has 0 spiro atoms. The Morgan fingerprint density at radius 3 is 3.15 bits per heavy atom. The van der Waals surface area contributed by atoms with E-state index in [1.807, 2.05) is 13.1 Å². The van der Waals surface area contributed by atoms with Crippen molar-refractivity contribution in [1.29, 1.82) is 0 Å². The van der Waals surface area contributed by atoms with E-state index in [0.29, 0.717) is 25.2 Å². The molecule has 3 N–H and O–H groups in total. The van der Waals surface area contributed by atoms with Gasteiger partial charge in [-0.3, -0.25) is 0 Å². The van der Waals surface area contributed by atoms with Crippen LogP contribution >= 0.6 is 0 Å². The molecule has 3 rings (SSSR count). The van der Waals surface area contributed by atoms with Gasteiger partial charge in [0.05, 0.1) is 24.2 Å². The van der Waals surface area contributed by atoms with Crippen molar-refractivity contribution in [1.82, 2.24) is 24.6 Å². The number of hydrogen-bond donors (Lipinski definition) is 2. The van der Waals surface area contributed by atoms with E-state index in [1.165, 1.54) is 0 Å². The van der Waals surface area contributed by atoms with E-state index >= 15 is 0 Å². The zero-order chi connectivity index (χ0) is 14.3. The maximum Gasteiger partial charge on any atom is 0.316 e. The number of aromatic nitrogens is 4. The number of carbonyl (C=O) groups is 1. The molecule has 2 atom stereocenters. The quantitative estimate of drug-likeness (QED) is 0.761. The molecular weight excluding hydrogens is 260 g/mol. The standard InChI is InChI=1S/C12H16N6O2/c1-12(4-9(19)2-3-18(12)11(13)20)17-6-8-5-15-16-10(8)14-7-17/h5-7,9,19H,2-4H2,1H3,(H2,13,20). The third kappa shape index (κ3) is 1.88. The van der Waals surface area contributed by atoms with Crippen molar-refractivity contribution in [2.45, 2.75) is 31.5 Å². The molecule has 0 saturated carbocycles. The van der Waals surface area contributed by atoms with Crippen LogP contribution in [-0.2, 0) is 5.66 Å². The second kappa shape index (κ2) is 4.41. The second-order valence-corrected chi connectivity index (χ2v) is 5.26. The third-order valence-corrected chi connectivity index (χ3v) is 3.90. The van der Waals surface area contributed by atoms with Gasteiger partial charge in [-0.25, -0.2) is 9.78 Å². The van der Waals surface area contributed by atoms with E-state index in [-0.39, 0.29) is 0 Å². The number of likely N-dealkylation sites (tertiary alicyclic amines) is 1. The fourth-order valence-corrected chi connectivity index (χ4v) is 2.79. The van der Waals surface area contributed by atoms with E-state index in [0.717, 1.165) is 5.56 Å². The van der Waals surface area contributed by atoms with Gasteiger partial charge >= 0.3 is 6.03 Å². The summed E-state index contributed by atoms with van der Waals surface area (Å²) in [6.45, 7) is 2.27. The summed E-state index contributed by atoms with van der Waals surface area (Å²) < 4.78 is 1.78. The largest absolute Gasteiger partial charge is 0.393 e. The first kappa shape index (κ1) is 12.8. The average molecular weight is 276 g/mol. The van der Waals surface area contributed by atoms with Gasteiger partial charge in [-0.2, -0.15) is 5.10 Å². The molecular formula is C12H16N6O2. The maximum absolute atomic E-state index is 11.7. The van der Waals surface area contributed by atoms with E-state index in [2.05, 4.69) is 15.2 Å². The van der Waals surface area contributed by atoms with Crippen LogP contribution in [0.2, 0.25) is 0 Å². The van der Waals surface area contributed by atoms with Crippen molar-refractivity contribution in [3.05, 3.63) is 18.7 Å². The van der Waals surface area contributed by atoms with Crippen LogP contribution in [0.1, 0.15) is 19.8 Å². The Morgan fingerprint density at radius 1 is 1.60 bits per heavy atom. The Balaban J connectivity index is 2.07. The third-order valence-electron chi connectivity index (χ3n) is 3.90. The SMILES string of the molecule is CC1(n2cnc3nncc-3c2)CC(O)CCN1C(N)=O. The summed E-state index contributed by atoms with van der Waals surface area (Å²) in [7, 11) is 0. The minimum absolute atomic E-state index is 0.398. The average Bonchev–Trinajstić information content (AvgIpc) is 2.85. The Labute approximate surface area is 115 Å². The van der Waals surface area contributed by atoms with Crippen LogP contribution in [0, 0.1) is 0 Å². The Morgan fingerprint density at radius 2 is 2.40 bits per heavy atom. The molecule has 2 unspecified atom stereocenters. The van der Waals surface area contributed by atoms with Crippen molar-refractivity contribution in [2.24, 2.45) is 5.73 Å². The fraction of sp³-hybridized carbons (Fsp3) is 0.500. The van der Waals surface area contributed by atoms with Gasteiger partial charge in [0.25, 0.3) is 0 Å². The van der Waals surface area contributed by atoms with E-state index in [1.54, 1.807) is 22.0 Å². The van der Waals surface area contributed by atoms with Crippen LogP contribution in [0.5, 0.6) is 0 Å². The highest BCUT2D eigenvalue weighted by Crippen LogP contribution is 2.33. The second-order valence-electron chi connectivity index (χ2n) is 5.26. The minimum atomic E-state index is -0.748. The van der Waals surface area contributed by atoms with Crippen LogP contribution in [0.3, 0.4) is 0 Å². The number of rotatable bonds is 1. The van der Waals surface area contributed by atoms with Crippen molar-refractivity contribution in [3.8, 4) is 11.4 Å². The van der Waals surface area contributed by atoms with Gasteiger partial charge in [0.1, 0.15) is 5.66 Å². The summed E-state index contributed by atoms with van der Waals surface area (Å²) in [4.78, 5) is 17.4. The van der Waals surface area contributed by atoms with E-state index < -0.39 is 17.8 Å². The lowest BCUT2D eigenvalue weighted by Gasteiger charge is -2.46. The molecule has 106 valence electrons. The lowest BCUT2D eigenvalue weighted by molar-refractivity contribution is -0.0301. The molecule has 8 heteroatoms. The van der Waals surface area contributed by atoms with Crippen molar-refractivity contribution < 1.29 is 9.90 Å². The summed E-state index contributed by atoms with van der Waals surface area (Å²) in [5.74, 6) is 0.548. The number of nitrogens with zero attached hydrogens (tertiary/aromatic N) is 5. The Hall–Kier alpha value is -2.22. The topological polar surface area (TPSA) is 110 Å². The molecule has 0 bridgehead atoms. The zero-order valence-corrected chi connectivity index (χ0v) is 11.1. The van der Waals surface area contributed by atoms with Gasteiger partial charge in [-0.05, 0) is 13.3 Å². The zero-order valence-electron chi connectivity index (χ0n) is 11.1. The van der Waals surface area contributed by atoms with Gasteiger partial charge in [0.2, 0.25) is 0 Å². The Kier molecular flexibility index (Phi) is 2.82. The van der Waals surface area contributed by atoms with Crippen LogP contribution in [0.15, 0.2) is 18.7 Å². The molecule has 8 nitrogen and oxygen atoms in total. The predicted octanol–water partition coefficient (Wildman–Crippen LogP) is -0.0140. The molecule has 1 saturated heterocycles. The van der Waals surface area contributed by atoms with Crippen LogP contribution in [0.25, 0.3) is 11.4 Å². The van der Waals surface area contributed by atoms with Gasteiger partial charge in [-0.15, -0.1) is 5.10 Å². The number of piperidine rings is 1. The number of amides is 2. The van der Waals surface area contributed by atoms with E-state index in [4.69, 9.17) is 5.73 Å². The van der Waals surface area contributed by atoms with Crippen LogP contribution in [0.4, 0.5) is 4.79 Å². The molecule has 3 aliphatic rings. The lowest BCUT2D eigenvalue weighted by Crippen LogP contribution is -2.58. The highest BCUT2D eigenvalue weighted by atomic mass is 16.3. The number of hydrogen-bond acceptors (Lipinski definition) is 5. The van der Waals surface area contributed by atoms with Gasteiger partial charge < -0.3 is 20.3 Å². The maximum atomic E-state index is 11.7. The normalized spacial score (nSPS) is 26.9. The number of nitrogens with two attached hydrogens (primary N) is 1. The molecule has 20 heavy (non-hydrogen) atoms. The molecule has 0 aromatic rings. The van der Waals surface area contributed by atoms with E-state index in [9.17, 15) is 9.90 Å².